The van der Waals surface area contributed by atoms with Crippen molar-refractivity contribution >= 4 is 34.4 Å². The average molecular weight is 424 g/mol. The molecule has 1 atom stereocenters. The summed E-state index contributed by atoms with van der Waals surface area (Å²) in [6, 6.07) is 14.1. The Morgan fingerprint density at radius 3 is 2.43 bits per heavy atom. The molecule has 0 saturated heterocycles. The molecule has 0 spiro atoms. The van der Waals surface area contributed by atoms with E-state index in [-0.39, 0.29) is 6.61 Å². The highest BCUT2D eigenvalue weighted by molar-refractivity contribution is 14.1. The predicted molar refractivity (Wildman–Crippen MR) is 91.1 cm³/mol. The minimum absolute atomic E-state index is 0.0856. The van der Waals surface area contributed by atoms with Gasteiger partial charge < -0.3 is 9.47 Å². The normalized spacial score (nSPS) is 15.6. The van der Waals surface area contributed by atoms with Crippen LogP contribution in [0.15, 0.2) is 48.5 Å². The van der Waals surface area contributed by atoms with Gasteiger partial charge >= 0.3 is 0 Å². The van der Waals surface area contributed by atoms with Crippen LogP contribution in [0.5, 0.6) is 11.5 Å². The Kier molecular flexibility index (Phi) is 4.65. The minimum atomic E-state index is -0.818. The third kappa shape index (κ3) is 3.73. The van der Waals surface area contributed by atoms with Gasteiger partial charge in [-0.1, -0.05) is 12.1 Å². The quantitative estimate of drug-likeness (QED) is 0.571. The maximum atomic E-state index is 12.1. The van der Waals surface area contributed by atoms with Crippen molar-refractivity contribution in [1.29, 1.82) is 0 Å². The Morgan fingerprint density at radius 1 is 1.00 bits per heavy atom. The molecule has 1 aliphatic heterocycles. The van der Waals surface area contributed by atoms with Gasteiger partial charge in [-0.2, -0.15) is 0 Å². The van der Waals surface area contributed by atoms with Crippen molar-refractivity contribution in [2.75, 3.05) is 6.61 Å². The van der Waals surface area contributed by atoms with Gasteiger partial charge in [-0.05, 0) is 59.0 Å². The summed E-state index contributed by atoms with van der Waals surface area (Å²) in [4.78, 5) is 24.0. The summed E-state index contributed by atoms with van der Waals surface area (Å²) in [6.07, 6.45) is -0.818. The van der Waals surface area contributed by atoms with Crippen molar-refractivity contribution in [2.45, 2.75) is 6.10 Å². The lowest BCUT2D eigenvalue weighted by atomic mass is 10.2. The second kappa shape index (κ2) is 6.86. The van der Waals surface area contributed by atoms with Crippen LogP contribution in [-0.2, 0) is 4.79 Å². The molecule has 1 aliphatic rings. The van der Waals surface area contributed by atoms with E-state index in [0.29, 0.717) is 17.1 Å². The highest BCUT2D eigenvalue weighted by Crippen LogP contribution is 2.30. The van der Waals surface area contributed by atoms with Crippen LogP contribution in [0.2, 0.25) is 0 Å². The Balaban J connectivity index is 1.56. The van der Waals surface area contributed by atoms with Crippen molar-refractivity contribution in [3.63, 3.8) is 0 Å². The van der Waals surface area contributed by atoms with Gasteiger partial charge in [0.15, 0.2) is 11.5 Å². The monoisotopic (exact) mass is 424 g/mol. The van der Waals surface area contributed by atoms with Gasteiger partial charge in [0.1, 0.15) is 6.61 Å². The van der Waals surface area contributed by atoms with Gasteiger partial charge in [-0.3, -0.25) is 20.4 Å². The number of rotatable bonds is 2. The van der Waals surface area contributed by atoms with Crippen LogP contribution in [-0.4, -0.2) is 24.5 Å². The lowest BCUT2D eigenvalue weighted by Gasteiger charge is -2.25. The summed E-state index contributed by atoms with van der Waals surface area (Å²) >= 11 is 2.15. The lowest BCUT2D eigenvalue weighted by molar-refractivity contribution is -0.131. The first kappa shape index (κ1) is 15.6. The second-order valence-electron chi connectivity index (χ2n) is 4.81. The number of benzene rings is 2. The van der Waals surface area contributed by atoms with E-state index in [0.717, 1.165) is 3.57 Å². The first-order chi connectivity index (χ1) is 11.1. The van der Waals surface area contributed by atoms with E-state index in [9.17, 15) is 9.59 Å². The third-order valence-electron chi connectivity index (χ3n) is 3.21. The summed E-state index contributed by atoms with van der Waals surface area (Å²) in [7, 11) is 0. The summed E-state index contributed by atoms with van der Waals surface area (Å²) in [5.41, 5.74) is 5.17. The molecule has 2 amide bonds. The van der Waals surface area contributed by atoms with E-state index in [1.54, 1.807) is 30.3 Å². The number of hydrazine groups is 1. The fourth-order valence-electron chi connectivity index (χ4n) is 2.02. The van der Waals surface area contributed by atoms with E-state index >= 15 is 0 Å². The SMILES string of the molecule is O=C(NNC(=O)[C@@H]1COc2ccccc2O1)c1ccc(I)cc1. The summed E-state index contributed by atoms with van der Waals surface area (Å²) in [5.74, 6) is 0.229. The molecular formula is C16H13IN2O4. The molecular weight excluding hydrogens is 411 g/mol. The van der Waals surface area contributed by atoms with Gasteiger partial charge in [0, 0.05) is 9.13 Å². The predicted octanol–water partition coefficient (Wildman–Crippen LogP) is 1.89. The van der Waals surface area contributed by atoms with Crippen molar-refractivity contribution in [3.05, 3.63) is 57.7 Å². The number of halogens is 1. The summed E-state index contributed by atoms with van der Waals surface area (Å²) in [6.45, 7) is 0.0856. The first-order valence-corrected chi connectivity index (χ1v) is 7.95. The molecule has 6 nitrogen and oxygen atoms in total. The minimum Gasteiger partial charge on any atom is -0.485 e. The third-order valence-corrected chi connectivity index (χ3v) is 3.93. The molecule has 0 radical (unpaired) electrons. The number of ether oxygens (including phenoxy) is 2. The Bertz CT molecular complexity index is 733. The molecule has 7 heteroatoms. The first-order valence-electron chi connectivity index (χ1n) is 6.88. The van der Waals surface area contributed by atoms with Crippen LogP contribution < -0.4 is 20.3 Å². The number of carbonyl (C=O) groups excluding carboxylic acids is 2. The van der Waals surface area contributed by atoms with Crippen LogP contribution in [0.1, 0.15) is 10.4 Å². The number of hydrogen-bond donors (Lipinski definition) is 2. The molecule has 0 unspecified atom stereocenters. The maximum Gasteiger partial charge on any atom is 0.283 e. The van der Waals surface area contributed by atoms with Crippen LogP contribution in [0.25, 0.3) is 0 Å². The van der Waals surface area contributed by atoms with E-state index < -0.39 is 17.9 Å². The van der Waals surface area contributed by atoms with E-state index in [1.165, 1.54) is 0 Å². The Morgan fingerprint density at radius 2 is 1.70 bits per heavy atom. The van der Waals surface area contributed by atoms with Gasteiger partial charge in [0.25, 0.3) is 11.8 Å². The number of fused-ring (bicyclic) bond motifs is 1. The van der Waals surface area contributed by atoms with Crippen LogP contribution in [0, 0.1) is 3.57 Å². The topological polar surface area (TPSA) is 76.7 Å². The van der Waals surface area contributed by atoms with Crippen LogP contribution >= 0.6 is 22.6 Å². The van der Waals surface area contributed by atoms with Crippen molar-refractivity contribution in [1.82, 2.24) is 10.9 Å². The summed E-state index contributed by atoms with van der Waals surface area (Å²) < 4.78 is 12.0. The molecule has 23 heavy (non-hydrogen) atoms. The number of para-hydroxylation sites is 2. The number of carbonyl (C=O) groups is 2. The Labute approximate surface area is 146 Å². The second-order valence-corrected chi connectivity index (χ2v) is 6.06. The molecule has 2 aromatic carbocycles. The van der Waals surface area contributed by atoms with E-state index in [1.807, 2.05) is 18.2 Å². The molecule has 118 valence electrons. The zero-order valence-electron chi connectivity index (χ0n) is 11.9. The van der Waals surface area contributed by atoms with Crippen molar-refractivity contribution in [2.24, 2.45) is 0 Å². The van der Waals surface area contributed by atoms with E-state index in [2.05, 4.69) is 33.4 Å². The number of amides is 2. The summed E-state index contributed by atoms with van der Waals surface area (Å²) in [5, 5.41) is 0. The molecule has 2 aromatic rings. The number of nitrogens with one attached hydrogen (secondary N) is 2. The largest absolute Gasteiger partial charge is 0.485 e. The Hall–Kier alpha value is -2.29. The smallest absolute Gasteiger partial charge is 0.283 e. The average Bonchev–Trinajstić information content (AvgIpc) is 2.59. The van der Waals surface area contributed by atoms with Gasteiger partial charge in [-0.25, -0.2) is 0 Å². The fraction of sp³-hybridized carbons (Fsp3) is 0.125. The van der Waals surface area contributed by atoms with Gasteiger partial charge in [0.2, 0.25) is 6.10 Å². The maximum absolute atomic E-state index is 12.1. The molecule has 0 fully saturated rings. The molecule has 0 bridgehead atoms. The van der Waals surface area contributed by atoms with Crippen molar-refractivity contribution in [3.8, 4) is 11.5 Å². The molecule has 0 saturated carbocycles. The van der Waals surface area contributed by atoms with Gasteiger partial charge in [0.05, 0.1) is 0 Å². The molecule has 0 aliphatic carbocycles. The highest BCUT2D eigenvalue weighted by Gasteiger charge is 2.27. The highest BCUT2D eigenvalue weighted by atomic mass is 127. The van der Waals surface area contributed by atoms with E-state index in [4.69, 9.17) is 9.47 Å². The molecule has 2 N–H and O–H groups in total. The standard InChI is InChI=1S/C16H13IN2O4/c17-11-7-5-10(6-8-11)15(20)18-19-16(21)14-9-22-12-3-1-2-4-13(12)23-14/h1-8,14H,9H2,(H,18,20)(H,19,21)/t14-/m0/s1. The molecule has 1 heterocycles. The van der Waals surface area contributed by atoms with Crippen LogP contribution in [0.4, 0.5) is 0 Å². The van der Waals surface area contributed by atoms with Crippen molar-refractivity contribution < 1.29 is 19.1 Å². The number of hydrogen-bond acceptors (Lipinski definition) is 4. The lowest BCUT2D eigenvalue weighted by Crippen LogP contribution is -2.50. The zero-order chi connectivity index (χ0) is 16.2. The molecule has 3 rings (SSSR count). The zero-order valence-corrected chi connectivity index (χ0v) is 14.1. The molecule has 0 aromatic heterocycles. The fourth-order valence-corrected chi connectivity index (χ4v) is 2.38. The van der Waals surface area contributed by atoms with Gasteiger partial charge in [-0.15, -0.1) is 0 Å². The van der Waals surface area contributed by atoms with Crippen LogP contribution in [0.3, 0.4) is 0 Å².